The smallest absolute Gasteiger partial charge is 0.191 e. The lowest BCUT2D eigenvalue weighted by Gasteiger charge is -2.27. The summed E-state index contributed by atoms with van der Waals surface area (Å²) in [5.41, 5.74) is 2.63. The number of guanidine groups is 1. The first-order chi connectivity index (χ1) is 14.3. The highest BCUT2D eigenvalue weighted by Gasteiger charge is 2.12. The number of benzene rings is 1. The molecule has 0 bridgehead atoms. The largest absolute Gasteiger partial charge is 0.382 e. The van der Waals surface area contributed by atoms with Crippen molar-refractivity contribution in [2.75, 3.05) is 66.3 Å². The summed E-state index contributed by atoms with van der Waals surface area (Å²) in [7, 11) is 1.69. The number of ether oxygens (including phenoxy) is 3. The maximum absolute atomic E-state index is 5.50. The second-order valence-electron chi connectivity index (χ2n) is 7.09. The van der Waals surface area contributed by atoms with Crippen molar-refractivity contribution in [1.29, 1.82) is 0 Å². The lowest BCUT2D eigenvalue weighted by Crippen LogP contribution is -2.38. The highest BCUT2D eigenvalue weighted by Crippen LogP contribution is 2.14. The van der Waals surface area contributed by atoms with E-state index < -0.39 is 0 Å². The minimum atomic E-state index is 0. The van der Waals surface area contributed by atoms with Gasteiger partial charge in [-0.15, -0.1) is 24.0 Å². The molecule has 0 aromatic heterocycles. The fraction of sp³-hybridized carbons (Fsp3) is 0.682. The van der Waals surface area contributed by atoms with Gasteiger partial charge in [-0.2, -0.15) is 0 Å². The number of rotatable bonds is 13. The summed E-state index contributed by atoms with van der Waals surface area (Å²) >= 11 is 0. The molecule has 0 radical (unpaired) electrons. The van der Waals surface area contributed by atoms with Crippen molar-refractivity contribution in [1.82, 2.24) is 15.5 Å². The molecule has 172 valence electrons. The van der Waals surface area contributed by atoms with Crippen molar-refractivity contribution in [3.63, 3.8) is 0 Å². The number of aliphatic imine (C=N–C) groups is 1. The predicted octanol–water partition coefficient (Wildman–Crippen LogP) is 2.64. The van der Waals surface area contributed by atoms with Crippen LogP contribution in [0.3, 0.4) is 0 Å². The molecule has 1 aromatic carbocycles. The Morgan fingerprint density at radius 2 is 1.83 bits per heavy atom. The zero-order valence-corrected chi connectivity index (χ0v) is 20.9. The van der Waals surface area contributed by atoms with Gasteiger partial charge >= 0.3 is 0 Å². The molecule has 0 atom stereocenters. The summed E-state index contributed by atoms with van der Waals surface area (Å²) in [5, 5.41) is 6.76. The summed E-state index contributed by atoms with van der Waals surface area (Å²) in [6.07, 6.45) is 2.07. The molecule has 0 aliphatic carbocycles. The van der Waals surface area contributed by atoms with Gasteiger partial charge in [0.15, 0.2) is 5.96 Å². The number of hydrogen-bond donors (Lipinski definition) is 2. The lowest BCUT2D eigenvalue weighted by atomic mass is 10.1. The summed E-state index contributed by atoms with van der Waals surface area (Å²) in [4.78, 5) is 7.25. The van der Waals surface area contributed by atoms with Gasteiger partial charge < -0.3 is 24.8 Å². The Morgan fingerprint density at radius 3 is 2.57 bits per heavy atom. The van der Waals surface area contributed by atoms with Crippen LogP contribution in [0.4, 0.5) is 0 Å². The van der Waals surface area contributed by atoms with Crippen molar-refractivity contribution in [3.05, 3.63) is 35.4 Å². The van der Waals surface area contributed by atoms with Crippen molar-refractivity contribution in [2.24, 2.45) is 4.99 Å². The van der Waals surface area contributed by atoms with Crippen LogP contribution >= 0.6 is 24.0 Å². The van der Waals surface area contributed by atoms with E-state index in [-0.39, 0.29) is 24.0 Å². The van der Waals surface area contributed by atoms with Gasteiger partial charge in [0.05, 0.1) is 33.0 Å². The second-order valence-corrected chi connectivity index (χ2v) is 7.09. The van der Waals surface area contributed by atoms with Gasteiger partial charge in [-0.05, 0) is 30.9 Å². The first-order valence-corrected chi connectivity index (χ1v) is 10.8. The highest BCUT2D eigenvalue weighted by atomic mass is 127. The van der Waals surface area contributed by atoms with Crippen molar-refractivity contribution in [2.45, 2.75) is 32.9 Å². The molecule has 1 fully saturated rings. The van der Waals surface area contributed by atoms with E-state index >= 15 is 0 Å². The molecule has 2 N–H and O–H groups in total. The van der Waals surface area contributed by atoms with E-state index in [1.54, 1.807) is 7.11 Å². The molecule has 0 amide bonds. The van der Waals surface area contributed by atoms with Gasteiger partial charge in [-0.25, -0.2) is 4.99 Å². The van der Waals surface area contributed by atoms with E-state index in [2.05, 4.69) is 46.7 Å². The van der Waals surface area contributed by atoms with Crippen LogP contribution in [0.2, 0.25) is 0 Å². The van der Waals surface area contributed by atoms with Crippen LogP contribution in [0.15, 0.2) is 29.3 Å². The lowest BCUT2D eigenvalue weighted by molar-refractivity contribution is 0.0341. The minimum absolute atomic E-state index is 0. The van der Waals surface area contributed by atoms with Crippen LogP contribution in [0, 0.1) is 0 Å². The summed E-state index contributed by atoms with van der Waals surface area (Å²) in [5.74, 6) is 0.869. The molecular formula is C22H39IN4O3. The van der Waals surface area contributed by atoms with Crippen molar-refractivity contribution >= 4 is 29.9 Å². The van der Waals surface area contributed by atoms with Gasteiger partial charge in [-0.3, -0.25) is 4.90 Å². The fourth-order valence-electron chi connectivity index (χ4n) is 3.15. The second kappa shape index (κ2) is 17.7. The zero-order chi connectivity index (χ0) is 20.6. The predicted molar refractivity (Wildman–Crippen MR) is 133 cm³/mol. The van der Waals surface area contributed by atoms with Gasteiger partial charge in [0.1, 0.15) is 0 Å². The molecule has 8 heteroatoms. The molecule has 1 aliphatic rings. The third-order valence-electron chi connectivity index (χ3n) is 4.81. The highest BCUT2D eigenvalue weighted by molar-refractivity contribution is 14.0. The topological polar surface area (TPSA) is 67.4 Å². The van der Waals surface area contributed by atoms with Crippen LogP contribution in [0.1, 0.15) is 30.9 Å². The van der Waals surface area contributed by atoms with Gasteiger partial charge in [0.25, 0.3) is 0 Å². The van der Waals surface area contributed by atoms with Crippen LogP contribution in [0.5, 0.6) is 0 Å². The number of hydrogen-bond acceptors (Lipinski definition) is 5. The van der Waals surface area contributed by atoms with Crippen LogP contribution in [-0.4, -0.2) is 77.2 Å². The SMILES string of the molecule is CCNC(=NCc1ccccc1CN1CCOCC1)NCCCCOCCOC.I. The number of unbranched alkanes of at least 4 members (excludes halogenated alkanes) is 1. The van der Waals surface area contributed by atoms with Gasteiger partial charge in [0.2, 0.25) is 0 Å². The molecule has 30 heavy (non-hydrogen) atoms. The Labute approximate surface area is 199 Å². The minimum Gasteiger partial charge on any atom is -0.382 e. The Bertz CT molecular complexity index is 583. The Kier molecular flexibility index (Phi) is 16.0. The molecule has 0 unspecified atom stereocenters. The van der Waals surface area contributed by atoms with Crippen LogP contribution in [0.25, 0.3) is 0 Å². The number of methoxy groups -OCH3 is 1. The normalized spacial score (nSPS) is 14.9. The van der Waals surface area contributed by atoms with E-state index in [9.17, 15) is 0 Å². The third kappa shape index (κ3) is 11.5. The molecule has 0 spiro atoms. The third-order valence-corrected chi connectivity index (χ3v) is 4.81. The molecule has 0 saturated carbocycles. The van der Waals surface area contributed by atoms with Gasteiger partial charge in [-0.1, -0.05) is 24.3 Å². The summed E-state index contributed by atoms with van der Waals surface area (Å²) < 4.78 is 15.9. The monoisotopic (exact) mass is 534 g/mol. The molecule has 1 saturated heterocycles. The molecular weight excluding hydrogens is 495 g/mol. The summed E-state index contributed by atoms with van der Waals surface area (Å²) in [6.45, 7) is 11.2. The van der Waals surface area contributed by atoms with Crippen molar-refractivity contribution < 1.29 is 14.2 Å². The van der Waals surface area contributed by atoms with Crippen molar-refractivity contribution in [3.8, 4) is 0 Å². The Hall–Kier alpha value is -0.940. The maximum Gasteiger partial charge on any atom is 0.191 e. The quantitative estimate of drug-likeness (QED) is 0.176. The van der Waals surface area contributed by atoms with Gasteiger partial charge in [0, 0.05) is 46.4 Å². The molecule has 1 aromatic rings. The van der Waals surface area contributed by atoms with E-state index in [1.165, 1.54) is 11.1 Å². The van der Waals surface area contributed by atoms with E-state index in [4.69, 9.17) is 19.2 Å². The maximum atomic E-state index is 5.50. The average molecular weight is 534 g/mol. The first kappa shape index (κ1) is 27.1. The number of halogens is 1. The number of nitrogens with zero attached hydrogens (tertiary/aromatic N) is 2. The number of nitrogens with one attached hydrogen (secondary N) is 2. The van der Waals surface area contributed by atoms with Crippen LogP contribution < -0.4 is 10.6 Å². The molecule has 2 rings (SSSR count). The van der Waals surface area contributed by atoms with E-state index in [0.717, 1.165) is 71.3 Å². The molecule has 1 heterocycles. The zero-order valence-electron chi connectivity index (χ0n) is 18.5. The molecule has 7 nitrogen and oxygen atoms in total. The average Bonchev–Trinajstić information content (AvgIpc) is 2.75. The van der Waals surface area contributed by atoms with E-state index in [1.807, 2.05) is 0 Å². The first-order valence-electron chi connectivity index (χ1n) is 10.8. The van der Waals surface area contributed by atoms with E-state index in [0.29, 0.717) is 19.8 Å². The molecule has 1 aliphatic heterocycles. The van der Waals surface area contributed by atoms with Crippen LogP contribution in [-0.2, 0) is 27.3 Å². The Morgan fingerprint density at radius 1 is 1.07 bits per heavy atom. The standard InChI is InChI=1S/C22H38N4O3.HI/c1-3-23-22(24-10-6-7-13-28-17-16-27-2)25-18-20-8-4-5-9-21(20)19-26-11-14-29-15-12-26;/h4-5,8-9H,3,6-7,10-19H2,1-2H3,(H2,23,24,25);1H. The summed E-state index contributed by atoms with van der Waals surface area (Å²) in [6, 6.07) is 8.60. The Balaban J connectivity index is 0.00000450. The number of morpholine rings is 1. The fourth-order valence-corrected chi connectivity index (χ4v) is 3.15.